The Morgan fingerprint density at radius 3 is 2.21 bits per heavy atom. The van der Waals surface area contributed by atoms with Crippen molar-refractivity contribution in [3.8, 4) is 6.07 Å². The molecule has 0 spiro atoms. The Labute approximate surface area is 118 Å². The zero-order valence-corrected chi connectivity index (χ0v) is 11.6. The number of nitrogens with zero attached hydrogens (tertiary/aromatic N) is 2. The van der Waals surface area contributed by atoms with Crippen molar-refractivity contribution >= 4 is 28.7 Å². The molecule has 19 heavy (non-hydrogen) atoms. The molecule has 0 saturated heterocycles. The van der Waals surface area contributed by atoms with E-state index in [1.54, 1.807) is 12.1 Å². The molecule has 0 radical (unpaired) electrons. The number of nitriles is 1. The summed E-state index contributed by atoms with van der Waals surface area (Å²) in [6.07, 6.45) is 0. The molecule has 96 valence electrons. The van der Waals surface area contributed by atoms with Crippen LogP contribution < -0.4 is 10.2 Å². The Kier molecular flexibility index (Phi) is 3.94. The first-order valence-corrected chi connectivity index (χ1v) is 6.22. The zero-order chi connectivity index (χ0) is 13.8. The minimum Gasteiger partial charge on any atom is -0.378 e. The highest BCUT2D eigenvalue weighted by Crippen LogP contribution is 2.24. The van der Waals surface area contributed by atoms with Crippen LogP contribution in [-0.2, 0) is 0 Å². The van der Waals surface area contributed by atoms with Crippen LogP contribution in [0, 0.1) is 11.3 Å². The van der Waals surface area contributed by atoms with Gasteiger partial charge in [-0.25, -0.2) is 0 Å². The molecule has 3 nitrogen and oxygen atoms in total. The number of anilines is 3. The first-order valence-electron chi connectivity index (χ1n) is 5.84. The standard InChI is InChI=1S/C15H14ClN3/c1-19(2)14-7-5-12(6-8-14)18-13-4-3-11(10-17)15(16)9-13/h3-9,18H,1-2H3. The smallest absolute Gasteiger partial charge is 0.101 e. The maximum Gasteiger partial charge on any atom is 0.101 e. The van der Waals surface area contributed by atoms with Crippen LogP contribution >= 0.6 is 11.6 Å². The lowest BCUT2D eigenvalue weighted by Crippen LogP contribution is -2.08. The number of hydrogen-bond acceptors (Lipinski definition) is 3. The molecule has 0 aliphatic carbocycles. The fourth-order valence-electron chi connectivity index (χ4n) is 1.69. The van der Waals surface area contributed by atoms with E-state index in [0.717, 1.165) is 17.1 Å². The van der Waals surface area contributed by atoms with Gasteiger partial charge in [0.1, 0.15) is 6.07 Å². The number of nitrogens with one attached hydrogen (secondary N) is 1. The summed E-state index contributed by atoms with van der Waals surface area (Å²) in [5.74, 6) is 0. The summed E-state index contributed by atoms with van der Waals surface area (Å²) in [5, 5.41) is 12.5. The minimum atomic E-state index is 0.456. The predicted molar refractivity (Wildman–Crippen MR) is 80.2 cm³/mol. The monoisotopic (exact) mass is 271 g/mol. The molecule has 2 aromatic carbocycles. The maximum atomic E-state index is 8.82. The highest BCUT2D eigenvalue weighted by Gasteiger charge is 2.02. The number of hydrogen-bond donors (Lipinski definition) is 1. The van der Waals surface area contributed by atoms with Crippen molar-refractivity contribution in [3.63, 3.8) is 0 Å². The van der Waals surface area contributed by atoms with Crippen molar-refractivity contribution in [2.45, 2.75) is 0 Å². The Bertz CT molecular complexity index is 612. The van der Waals surface area contributed by atoms with Gasteiger partial charge in [-0.3, -0.25) is 0 Å². The van der Waals surface area contributed by atoms with Crippen LogP contribution in [0.1, 0.15) is 5.56 Å². The molecule has 0 amide bonds. The quantitative estimate of drug-likeness (QED) is 0.916. The molecule has 0 heterocycles. The van der Waals surface area contributed by atoms with E-state index < -0.39 is 0 Å². The fourth-order valence-corrected chi connectivity index (χ4v) is 1.92. The summed E-state index contributed by atoms with van der Waals surface area (Å²) in [7, 11) is 4.01. The zero-order valence-electron chi connectivity index (χ0n) is 10.8. The second-order valence-electron chi connectivity index (χ2n) is 4.37. The van der Waals surface area contributed by atoms with Gasteiger partial charge in [-0.15, -0.1) is 0 Å². The third kappa shape index (κ3) is 3.18. The van der Waals surface area contributed by atoms with E-state index >= 15 is 0 Å². The average molecular weight is 272 g/mol. The first-order chi connectivity index (χ1) is 9.10. The minimum absolute atomic E-state index is 0.456. The molecule has 0 saturated carbocycles. The summed E-state index contributed by atoms with van der Waals surface area (Å²) >= 11 is 5.99. The van der Waals surface area contributed by atoms with Gasteiger partial charge in [0.25, 0.3) is 0 Å². The van der Waals surface area contributed by atoms with Crippen LogP contribution in [0.25, 0.3) is 0 Å². The highest BCUT2D eigenvalue weighted by molar-refractivity contribution is 6.32. The average Bonchev–Trinajstić information content (AvgIpc) is 2.39. The largest absolute Gasteiger partial charge is 0.378 e. The van der Waals surface area contributed by atoms with Crippen LogP contribution in [0.5, 0.6) is 0 Å². The van der Waals surface area contributed by atoms with Crippen molar-refractivity contribution in [3.05, 3.63) is 53.1 Å². The lowest BCUT2D eigenvalue weighted by atomic mass is 10.2. The molecule has 0 atom stereocenters. The van der Waals surface area contributed by atoms with Crippen molar-refractivity contribution in [1.82, 2.24) is 0 Å². The van der Waals surface area contributed by atoms with E-state index in [1.807, 2.05) is 55.4 Å². The van der Waals surface area contributed by atoms with Crippen LogP contribution in [0.3, 0.4) is 0 Å². The molecule has 4 heteroatoms. The Morgan fingerprint density at radius 2 is 1.68 bits per heavy atom. The predicted octanol–water partition coefficient (Wildman–Crippen LogP) is 4.02. The highest BCUT2D eigenvalue weighted by atomic mass is 35.5. The van der Waals surface area contributed by atoms with Crippen molar-refractivity contribution in [1.29, 1.82) is 5.26 Å². The Balaban J connectivity index is 2.17. The number of benzene rings is 2. The molecule has 0 bridgehead atoms. The molecule has 2 rings (SSSR count). The van der Waals surface area contributed by atoms with Crippen LogP contribution in [0.15, 0.2) is 42.5 Å². The van der Waals surface area contributed by atoms with Gasteiger partial charge in [0.2, 0.25) is 0 Å². The molecule has 0 aromatic heterocycles. The molecule has 0 fully saturated rings. The van der Waals surface area contributed by atoms with Gasteiger partial charge >= 0.3 is 0 Å². The third-order valence-corrected chi connectivity index (χ3v) is 3.07. The van der Waals surface area contributed by atoms with E-state index in [2.05, 4.69) is 5.32 Å². The first kappa shape index (κ1) is 13.3. The van der Waals surface area contributed by atoms with Crippen molar-refractivity contribution in [2.24, 2.45) is 0 Å². The second kappa shape index (κ2) is 5.64. The van der Waals surface area contributed by atoms with Gasteiger partial charge < -0.3 is 10.2 Å². The van der Waals surface area contributed by atoms with Crippen molar-refractivity contribution in [2.75, 3.05) is 24.3 Å². The molecular weight excluding hydrogens is 258 g/mol. The SMILES string of the molecule is CN(C)c1ccc(Nc2ccc(C#N)c(Cl)c2)cc1. The molecule has 1 N–H and O–H groups in total. The molecule has 0 aliphatic heterocycles. The maximum absolute atomic E-state index is 8.82. The summed E-state index contributed by atoms with van der Waals surface area (Å²) in [6.45, 7) is 0. The van der Waals surface area contributed by atoms with E-state index in [-0.39, 0.29) is 0 Å². The van der Waals surface area contributed by atoms with Crippen molar-refractivity contribution < 1.29 is 0 Å². The molecule has 2 aromatic rings. The van der Waals surface area contributed by atoms with E-state index in [4.69, 9.17) is 16.9 Å². The number of halogens is 1. The third-order valence-electron chi connectivity index (χ3n) is 2.76. The Morgan fingerprint density at radius 1 is 1.05 bits per heavy atom. The lowest BCUT2D eigenvalue weighted by Gasteiger charge is -2.13. The summed E-state index contributed by atoms with van der Waals surface area (Å²) in [6, 6.07) is 15.4. The second-order valence-corrected chi connectivity index (χ2v) is 4.78. The normalized spacial score (nSPS) is 9.79. The topological polar surface area (TPSA) is 39.1 Å². The fraction of sp³-hybridized carbons (Fsp3) is 0.133. The van der Waals surface area contributed by atoms with Gasteiger partial charge in [0.05, 0.1) is 10.6 Å². The number of rotatable bonds is 3. The van der Waals surface area contributed by atoms with Gasteiger partial charge in [0.15, 0.2) is 0 Å². The molecule has 0 aliphatic rings. The van der Waals surface area contributed by atoms with Crippen LogP contribution in [0.4, 0.5) is 17.1 Å². The summed E-state index contributed by atoms with van der Waals surface area (Å²) in [5.41, 5.74) is 3.46. The molecule has 0 unspecified atom stereocenters. The molecular formula is C15H14ClN3. The van der Waals surface area contributed by atoms with Gasteiger partial charge in [-0.1, -0.05) is 11.6 Å². The van der Waals surface area contributed by atoms with Crippen LogP contribution in [0.2, 0.25) is 5.02 Å². The van der Waals surface area contributed by atoms with Gasteiger partial charge in [-0.2, -0.15) is 5.26 Å². The van der Waals surface area contributed by atoms with E-state index in [1.165, 1.54) is 0 Å². The Hall–Kier alpha value is -2.18. The van der Waals surface area contributed by atoms with E-state index in [9.17, 15) is 0 Å². The van der Waals surface area contributed by atoms with Gasteiger partial charge in [-0.05, 0) is 42.5 Å². The summed E-state index contributed by atoms with van der Waals surface area (Å²) < 4.78 is 0. The lowest BCUT2D eigenvalue weighted by molar-refractivity contribution is 1.13. The van der Waals surface area contributed by atoms with Gasteiger partial charge in [0, 0.05) is 31.2 Å². The van der Waals surface area contributed by atoms with Crippen LogP contribution in [-0.4, -0.2) is 14.1 Å². The summed E-state index contributed by atoms with van der Waals surface area (Å²) in [4.78, 5) is 2.04. The van der Waals surface area contributed by atoms with E-state index in [0.29, 0.717) is 10.6 Å².